The van der Waals surface area contributed by atoms with Gasteiger partial charge in [-0.3, -0.25) is 0 Å². The highest BCUT2D eigenvalue weighted by Gasteiger charge is 2.48. The van der Waals surface area contributed by atoms with E-state index in [1.54, 1.807) is 0 Å². The van der Waals surface area contributed by atoms with Gasteiger partial charge in [-0.2, -0.15) is 184 Å². The minimum atomic E-state index is -6.12. The van der Waals surface area contributed by atoms with Crippen LogP contribution in [-0.2, 0) is 111 Å². The summed E-state index contributed by atoms with van der Waals surface area (Å²) in [7, 11) is -16.3. The van der Waals surface area contributed by atoms with Gasteiger partial charge in [-0.15, -0.1) is 0 Å². The summed E-state index contributed by atoms with van der Waals surface area (Å²) in [5.41, 5.74) is -42.0. The minimum Gasteiger partial charge on any atom is -0.166 e. The molecule has 0 aliphatic rings. The van der Waals surface area contributed by atoms with Crippen LogP contribution in [-0.4, -0.2) is 0 Å². The number of halogens is 42. The molecular formula is C80H44F42P4. The lowest BCUT2D eigenvalue weighted by Crippen LogP contribution is -2.23. The molecule has 0 bridgehead atoms. The third-order valence-electron chi connectivity index (χ3n) is 18.7. The monoisotopic (exact) mass is 1930 g/mol. The standard InChI is InChI=1S/C80H44F42P4/c1-37-9-43(67(81,82)83)19-57(11-37)123(59-21-45(69(87,88)89)13-46(22-59)70(90,91)92)33-39-5-3-7-41(35-125(61-25-49(73(99,100)101)15-50(26-61)74(102,103)104)62-27-51(75(105,106)107)16-52(28-62)76(108,109)110)65(39)66-40(34-124(58-12-38(2)10-44(20-58)68(84,85)86)60-23-47(71(93,94)95)14-48(24-60)72(96,97)98)6-4-8-42(66)36-126(63-29-53(77(111,112)113)17-54(30-63)78(114,115)116)64-31-55(79(117,118)119)18-56(32-64)80(120,121)122/h3-32H,33-36H2,1-2H3. The van der Waals surface area contributed by atoms with Gasteiger partial charge in [0.15, 0.2) is 0 Å². The van der Waals surface area contributed by atoms with Crippen molar-refractivity contribution in [3.8, 4) is 11.1 Å². The first-order valence-corrected chi connectivity index (χ1v) is 40.6. The van der Waals surface area contributed by atoms with Crippen molar-refractivity contribution in [2.75, 3.05) is 0 Å². The van der Waals surface area contributed by atoms with Crippen LogP contribution in [0.4, 0.5) is 184 Å². The average molecular weight is 1930 g/mol. The smallest absolute Gasteiger partial charge is 0.166 e. The number of hydrogen-bond acceptors (Lipinski definition) is 0. The van der Waals surface area contributed by atoms with Crippen LogP contribution in [0.5, 0.6) is 0 Å². The lowest BCUT2D eigenvalue weighted by Gasteiger charge is -2.30. The van der Waals surface area contributed by atoms with Crippen LogP contribution in [0.1, 0.15) is 111 Å². The molecule has 10 aromatic rings. The largest absolute Gasteiger partial charge is 0.416 e. The third kappa shape index (κ3) is 23.7. The zero-order valence-corrected chi connectivity index (χ0v) is 65.4. The van der Waals surface area contributed by atoms with Gasteiger partial charge < -0.3 is 0 Å². The molecule has 46 heteroatoms. The van der Waals surface area contributed by atoms with Crippen LogP contribution >= 0.6 is 31.7 Å². The van der Waals surface area contributed by atoms with Gasteiger partial charge in [0.05, 0.1) is 77.9 Å². The molecule has 0 saturated heterocycles. The summed E-state index contributed by atoms with van der Waals surface area (Å²) in [5, 5.41) is -11.7. The molecule has 10 rings (SSSR count). The van der Waals surface area contributed by atoms with Crippen LogP contribution in [0.2, 0.25) is 0 Å². The van der Waals surface area contributed by atoms with Crippen molar-refractivity contribution >= 4 is 74.1 Å². The lowest BCUT2D eigenvalue weighted by atomic mass is 9.89. The van der Waals surface area contributed by atoms with Gasteiger partial charge in [0.2, 0.25) is 0 Å². The molecule has 2 atom stereocenters. The summed E-state index contributed by atoms with van der Waals surface area (Å²) in [6.07, 6.45) is -91.6. The molecule has 10 aromatic carbocycles. The molecule has 0 spiro atoms. The molecule has 0 aliphatic carbocycles. The van der Waals surface area contributed by atoms with Gasteiger partial charge >= 0.3 is 86.5 Å². The molecule has 0 aliphatic heterocycles. The van der Waals surface area contributed by atoms with E-state index in [2.05, 4.69) is 0 Å². The van der Waals surface area contributed by atoms with Gasteiger partial charge in [-0.25, -0.2) is 0 Å². The zero-order chi connectivity index (χ0) is 94.7. The van der Waals surface area contributed by atoms with E-state index in [0.717, 1.165) is 13.8 Å². The van der Waals surface area contributed by atoms with Crippen molar-refractivity contribution in [1.29, 1.82) is 0 Å². The molecule has 678 valence electrons. The Morgan fingerprint density at radius 1 is 0.159 bits per heavy atom. The van der Waals surface area contributed by atoms with E-state index < -0.39 is 344 Å². The lowest BCUT2D eigenvalue weighted by molar-refractivity contribution is -0.144. The highest BCUT2D eigenvalue weighted by molar-refractivity contribution is 7.73. The number of benzene rings is 10. The Balaban J connectivity index is 1.53. The Bertz CT molecular complexity index is 5000. The second-order valence-corrected chi connectivity index (χ2v) is 36.8. The first-order valence-electron chi connectivity index (χ1n) is 34.5. The Morgan fingerprint density at radius 2 is 0.270 bits per heavy atom. The molecule has 0 aromatic heterocycles. The van der Waals surface area contributed by atoms with Crippen LogP contribution in [0.25, 0.3) is 11.1 Å². The van der Waals surface area contributed by atoms with E-state index in [9.17, 15) is 0 Å². The molecule has 2 unspecified atom stereocenters. The van der Waals surface area contributed by atoms with Crippen molar-refractivity contribution in [2.24, 2.45) is 0 Å². The van der Waals surface area contributed by atoms with Crippen LogP contribution in [0.3, 0.4) is 0 Å². The van der Waals surface area contributed by atoms with Crippen molar-refractivity contribution in [3.63, 3.8) is 0 Å². The Labute approximate surface area is 685 Å². The quantitative estimate of drug-likeness (QED) is 0.0630. The summed E-state index contributed by atoms with van der Waals surface area (Å²) in [6, 6.07) is -2.42. The molecule has 0 N–H and O–H groups in total. The van der Waals surface area contributed by atoms with E-state index in [-0.39, 0.29) is 97.1 Å². The molecule has 0 amide bonds. The Hall–Kier alpha value is -9.02. The SMILES string of the molecule is Cc1cc(P(Cc2cccc(CP(c3cc(C(F)(F)F)cc(C(F)(F)F)c3)c3cc(C(F)(F)F)cc(C(F)(F)F)c3)c2-c2c(CP(c3cc(C)cc(C(F)(F)F)c3)c3cc(C(F)(F)F)cc(C(F)(F)F)c3)cccc2CP(c2cc(C(F)(F)F)cc(C(F)(F)F)c2)c2cc(C(F)(F)F)cc(C(F)(F)F)c2)c2cc(C(F)(F)F)cc(C(F)(F)F)c2)cc(C(F)(F)F)c1. The molecule has 126 heavy (non-hydrogen) atoms. The summed E-state index contributed by atoms with van der Waals surface area (Å²) in [4.78, 5) is 0. The van der Waals surface area contributed by atoms with E-state index >= 15 is 184 Å². The first kappa shape index (κ1) is 99.1. The second-order valence-electron chi connectivity index (χ2n) is 27.9. The zero-order valence-electron chi connectivity index (χ0n) is 61.8. The predicted molar refractivity (Wildman–Crippen MR) is 382 cm³/mol. The van der Waals surface area contributed by atoms with Gasteiger partial charge in [0.25, 0.3) is 0 Å². The summed E-state index contributed by atoms with van der Waals surface area (Å²) >= 11 is 0. The molecule has 0 heterocycles. The van der Waals surface area contributed by atoms with Crippen molar-refractivity contribution in [1.82, 2.24) is 0 Å². The van der Waals surface area contributed by atoms with Gasteiger partial charge in [0, 0.05) is 24.6 Å². The minimum absolute atomic E-state index is 0.0441. The van der Waals surface area contributed by atoms with Crippen LogP contribution in [0.15, 0.2) is 182 Å². The summed E-state index contributed by atoms with van der Waals surface area (Å²) < 4.78 is 640. The Morgan fingerprint density at radius 3 is 0.389 bits per heavy atom. The Kier molecular flexibility index (Phi) is 27.1. The number of alkyl halides is 42. The topological polar surface area (TPSA) is 0 Å². The predicted octanol–water partition coefficient (Wildman–Crippen LogP) is 28.8. The fraction of sp³-hybridized carbons (Fsp3) is 0.250. The number of hydrogen-bond donors (Lipinski definition) is 0. The summed E-state index contributed by atoms with van der Waals surface area (Å²) in [5.74, 6) is 0. The van der Waals surface area contributed by atoms with Crippen molar-refractivity contribution < 1.29 is 184 Å². The molecular weight excluding hydrogens is 1880 g/mol. The van der Waals surface area contributed by atoms with E-state index in [4.69, 9.17) is 0 Å². The van der Waals surface area contributed by atoms with E-state index in [0.29, 0.717) is 48.5 Å². The third-order valence-corrected chi connectivity index (χ3v) is 28.4. The fourth-order valence-corrected chi connectivity index (χ4v) is 23.1. The van der Waals surface area contributed by atoms with Crippen molar-refractivity contribution in [3.05, 3.63) is 293 Å². The maximum Gasteiger partial charge on any atom is 0.416 e. The molecule has 0 saturated carbocycles. The van der Waals surface area contributed by atoms with Gasteiger partial charge in [0.1, 0.15) is 0 Å². The van der Waals surface area contributed by atoms with Crippen LogP contribution in [0, 0.1) is 13.8 Å². The first-order chi connectivity index (χ1) is 57.0. The maximum atomic E-state index is 15.2. The van der Waals surface area contributed by atoms with E-state index in [1.165, 1.54) is 0 Å². The molecule has 0 nitrogen and oxygen atoms in total. The molecule has 0 radical (unpaired) electrons. The van der Waals surface area contributed by atoms with Crippen LogP contribution < -0.4 is 42.4 Å². The average Bonchev–Trinajstić information content (AvgIpc) is 0.480. The fourth-order valence-electron chi connectivity index (χ4n) is 13.2. The number of aryl methyl sites for hydroxylation is 2. The summed E-state index contributed by atoms with van der Waals surface area (Å²) in [6.45, 7) is 1.59. The normalized spacial score (nSPS) is 14.2. The van der Waals surface area contributed by atoms with Gasteiger partial charge in [-0.1, -0.05) is 48.5 Å². The van der Waals surface area contributed by atoms with E-state index in [1.807, 2.05) is 0 Å². The number of rotatable bonds is 17. The highest BCUT2D eigenvalue weighted by atomic mass is 31.1. The maximum absolute atomic E-state index is 15.2. The highest BCUT2D eigenvalue weighted by Crippen LogP contribution is 2.56. The van der Waals surface area contributed by atoms with Crippen molar-refractivity contribution in [2.45, 2.75) is 125 Å². The van der Waals surface area contributed by atoms with Gasteiger partial charge in [-0.05, 0) is 266 Å². The molecule has 0 fully saturated rings. The second kappa shape index (κ2) is 34.4.